The number of aromatic nitrogens is 5. The molecule has 3 rings (SSSR count). The molecule has 2 N–H and O–H groups in total. The molecule has 3 heterocycles. The van der Waals surface area contributed by atoms with Crippen LogP contribution in [0.1, 0.15) is 11.4 Å². The number of hydrogen-bond donors (Lipinski definition) is 2. The molecule has 3 aromatic heterocycles. The van der Waals surface area contributed by atoms with E-state index in [1.54, 1.807) is 6.33 Å². The summed E-state index contributed by atoms with van der Waals surface area (Å²) >= 11 is 5.86. The highest BCUT2D eigenvalue weighted by atomic mass is 35.5. The Morgan fingerprint density at radius 3 is 3.00 bits per heavy atom. The van der Waals surface area contributed by atoms with Crippen LogP contribution < -0.4 is 5.32 Å². The second-order valence-electron chi connectivity index (χ2n) is 4.07. The summed E-state index contributed by atoms with van der Waals surface area (Å²) in [6, 6.07) is 5.88. The number of fused-ring (bicyclic) bond motifs is 1. The summed E-state index contributed by atoms with van der Waals surface area (Å²) < 4.78 is 0. The molecule has 0 aromatic carbocycles. The van der Waals surface area contributed by atoms with E-state index in [2.05, 4.69) is 30.2 Å². The SMILES string of the molecule is Cc1cccc(CNc2nc(Cl)nc3nc[nH]c23)n1. The maximum Gasteiger partial charge on any atom is 0.226 e. The van der Waals surface area contributed by atoms with Crippen molar-refractivity contribution in [2.24, 2.45) is 0 Å². The quantitative estimate of drug-likeness (QED) is 0.717. The fourth-order valence-corrected chi connectivity index (χ4v) is 1.97. The Balaban J connectivity index is 1.87. The highest BCUT2D eigenvalue weighted by Crippen LogP contribution is 2.18. The zero-order valence-electron chi connectivity index (χ0n) is 10.2. The van der Waals surface area contributed by atoms with E-state index in [0.29, 0.717) is 18.0 Å². The molecule has 6 nitrogen and oxygen atoms in total. The number of pyridine rings is 1. The van der Waals surface area contributed by atoms with Crippen LogP contribution in [-0.2, 0) is 6.54 Å². The van der Waals surface area contributed by atoms with E-state index in [4.69, 9.17) is 11.6 Å². The Kier molecular flexibility index (Phi) is 3.00. The number of anilines is 1. The molecule has 96 valence electrons. The molecule has 0 bridgehead atoms. The number of imidazole rings is 1. The van der Waals surface area contributed by atoms with E-state index < -0.39 is 0 Å². The van der Waals surface area contributed by atoms with Crippen LogP contribution in [0.15, 0.2) is 24.5 Å². The van der Waals surface area contributed by atoms with E-state index in [-0.39, 0.29) is 5.28 Å². The molecule has 0 atom stereocenters. The minimum Gasteiger partial charge on any atom is -0.362 e. The van der Waals surface area contributed by atoms with Gasteiger partial charge in [-0.15, -0.1) is 0 Å². The number of nitrogens with one attached hydrogen (secondary N) is 2. The van der Waals surface area contributed by atoms with Gasteiger partial charge in [0.05, 0.1) is 18.6 Å². The Labute approximate surface area is 114 Å². The zero-order chi connectivity index (χ0) is 13.2. The van der Waals surface area contributed by atoms with Crippen molar-refractivity contribution in [3.63, 3.8) is 0 Å². The first kappa shape index (κ1) is 11.9. The number of halogens is 1. The highest BCUT2D eigenvalue weighted by Gasteiger charge is 2.08. The summed E-state index contributed by atoms with van der Waals surface area (Å²) in [6.07, 6.45) is 1.56. The maximum atomic E-state index is 5.86. The molecule has 0 amide bonds. The van der Waals surface area contributed by atoms with Crippen molar-refractivity contribution < 1.29 is 0 Å². The lowest BCUT2D eigenvalue weighted by Gasteiger charge is -2.06. The second kappa shape index (κ2) is 4.81. The van der Waals surface area contributed by atoms with E-state index in [1.165, 1.54) is 0 Å². The van der Waals surface area contributed by atoms with Gasteiger partial charge in [0.25, 0.3) is 0 Å². The smallest absolute Gasteiger partial charge is 0.226 e. The monoisotopic (exact) mass is 274 g/mol. The van der Waals surface area contributed by atoms with Gasteiger partial charge in [-0.2, -0.15) is 9.97 Å². The van der Waals surface area contributed by atoms with Crippen LogP contribution in [0.4, 0.5) is 5.82 Å². The third-order valence-corrected chi connectivity index (χ3v) is 2.81. The lowest BCUT2D eigenvalue weighted by Crippen LogP contribution is -2.05. The fraction of sp³-hybridized carbons (Fsp3) is 0.167. The highest BCUT2D eigenvalue weighted by molar-refractivity contribution is 6.28. The first-order chi connectivity index (χ1) is 9.22. The second-order valence-corrected chi connectivity index (χ2v) is 4.40. The van der Waals surface area contributed by atoms with Gasteiger partial charge < -0.3 is 10.3 Å². The lowest BCUT2D eigenvalue weighted by atomic mass is 10.3. The summed E-state index contributed by atoms with van der Waals surface area (Å²) in [5.41, 5.74) is 3.19. The summed E-state index contributed by atoms with van der Waals surface area (Å²) in [5.74, 6) is 0.621. The van der Waals surface area contributed by atoms with E-state index in [9.17, 15) is 0 Å². The number of H-pyrrole nitrogens is 1. The summed E-state index contributed by atoms with van der Waals surface area (Å²) in [5, 5.41) is 3.35. The molecular formula is C12H11ClN6. The van der Waals surface area contributed by atoms with Crippen molar-refractivity contribution in [3.05, 3.63) is 41.2 Å². The standard InChI is InChI=1S/C12H11ClN6/c1-7-3-2-4-8(17-7)5-14-10-9-11(16-6-15-9)19-12(13)18-10/h2-4,6H,5H2,1H3,(H2,14,15,16,18,19). The van der Waals surface area contributed by atoms with E-state index in [0.717, 1.165) is 16.9 Å². The molecule has 0 unspecified atom stereocenters. The van der Waals surface area contributed by atoms with Crippen molar-refractivity contribution in [3.8, 4) is 0 Å². The minimum absolute atomic E-state index is 0.166. The van der Waals surface area contributed by atoms with Crippen LogP contribution in [-0.4, -0.2) is 24.9 Å². The number of hydrogen-bond acceptors (Lipinski definition) is 5. The Hall–Kier alpha value is -2.21. The van der Waals surface area contributed by atoms with Crippen LogP contribution in [0.25, 0.3) is 11.2 Å². The summed E-state index contributed by atoms with van der Waals surface area (Å²) in [4.78, 5) is 19.6. The fourth-order valence-electron chi connectivity index (χ4n) is 1.81. The number of aryl methyl sites for hydroxylation is 1. The van der Waals surface area contributed by atoms with Crippen molar-refractivity contribution in [1.82, 2.24) is 24.9 Å². The predicted molar refractivity (Wildman–Crippen MR) is 73.0 cm³/mol. The molecule has 0 saturated heterocycles. The van der Waals surface area contributed by atoms with Gasteiger partial charge in [0.15, 0.2) is 11.5 Å². The molecule has 0 aliphatic rings. The predicted octanol–water partition coefficient (Wildman–Crippen LogP) is 2.32. The topological polar surface area (TPSA) is 79.4 Å². The van der Waals surface area contributed by atoms with E-state index >= 15 is 0 Å². The molecule has 3 aromatic rings. The Morgan fingerprint density at radius 1 is 1.26 bits per heavy atom. The third kappa shape index (κ3) is 2.48. The maximum absolute atomic E-state index is 5.86. The van der Waals surface area contributed by atoms with Crippen molar-refractivity contribution >= 4 is 28.6 Å². The third-order valence-electron chi connectivity index (χ3n) is 2.64. The van der Waals surface area contributed by atoms with Crippen LogP contribution in [0.2, 0.25) is 5.28 Å². The normalized spacial score (nSPS) is 10.8. The van der Waals surface area contributed by atoms with Gasteiger partial charge in [-0.05, 0) is 30.7 Å². The average Bonchev–Trinajstić information content (AvgIpc) is 2.84. The van der Waals surface area contributed by atoms with Crippen LogP contribution in [0.5, 0.6) is 0 Å². The van der Waals surface area contributed by atoms with Crippen molar-refractivity contribution in [1.29, 1.82) is 0 Å². The number of nitrogens with zero attached hydrogens (tertiary/aromatic N) is 4. The summed E-state index contributed by atoms with van der Waals surface area (Å²) in [6.45, 7) is 2.52. The Bertz CT molecular complexity index is 723. The molecule has 0 aliphatic heterocycles. The molecule has 7 heteroatoms. The number of rotatable bonds is 3. The van der Waals surface area contributed by atoms with Crippen molar-refractivity contribution in [2.45, 2.75) is 13.5 Å². The largest absolute Gasteiger partial charge is 0.362 e. The summed E-state index contributed by atoms with van der Waals surface area (Å²) in [7, 11) is 0. The average molecular weight is 275 g/mol. The van der Waals surface area contributed by atoms with Gasteiger partial charge in [0.1, 0.15) is 5.52 Å². The molecular weight excluding hydrogens is 264 g/mol. The lowest BCUT2D eigenvalue weighted by molar-refractivity contribution is 1.00. The molecule has 0 radical (unpaired) electrons. The first-order valence-electron chi connectivity index (χ1n) is 5.75. The van der Waals surface area contributed by atoms with Gasteiger partial charge >= 0.3 is 0 Å². The first-order valence-corrected chi connectivity index (χ1v) is 6.13. The van der Waals surface area contributed by atoms with Gasteiger partial charge in [-0.3, -0.25) is 4.98 Å². The molecule has 0 aliphatic carbocycles. The minimum atomic E-state index is 0.166. The van der Waals surface area contributed by atoms with Crippen LogP contribution in [0, 0.1) is 6.92 Å². The van der Waals surface area contributed by atoms with Gasteiger partial charge in [0.2, 0.25) is 5.28 Å². The molecule has 0 saturated carbocycles. The van der Waals surface area contributed by atoms with Gasteiger partial charge in [-0.1, -0.05) is 6.07 Å². The molecule has 0 spiro atoms. The van der Waals surface area contributed by atoms with Gasteiger partial charge in [0, 0.05) is 5.69 Å². The number of aromatic amines is 1. The molecule has 0 fully saturated rings. The van der Waals surface area contributed by atoms with Crippen molar-refractivity contribution in [2.75, 3.05) is 5.32 Å². The van der Waals surface area contributed by atoms with E-state index in [1.807, 2.05) is 25.1 Å². The van der Waals surface area contributed by atoms with Gasteiger partial charge in [-0.25, -0.2) is 4.98 Å². The Morgan fingerprint density at radius 2 is 2.16 bits per heavy atom. The zero-order valence-corrected chi connectivity index (χ0v) is 10.9. The van der Waals surface area contributed by atoms with Crippen LogP contribution in [0.3, 0.4) is 0 Å². The van der Waals surface area contributed by atoms with Crippen LogP contribution >= 0.6 is 11.6 Å². The molecule has 19 heavy (non-hydrogen) atoms.